The van der Waals surface area contributed by atoms with Gasteiger partial charge in [-0.1, -0.05) is 24.3 Å². The van der Waals surface area contributed by atoms with Crippen molar-refractivity contribution in [1.29, 1.82) is 0 Å². The Morgan fingerprint density at radius 2 is 1.81 bits per heavy atom. The zero-order valence-electron chi connectivity index (χ0n) is 18.1. The third kappa shape index (κ3) is 5.54. The Bertz CT molecular complexity index is 789. The molecule has 6 atom stereocenters. The van der Waals surface area contributed by atoms with Crippen LogP contribution in [0.2, 0.25) is 0 Å². The number of aliphatic hydroxyl groups is 2. The first-order valence-corrected chi connectivity index (χ1v) is 11.6. The molecule has 0 spiro atoms. The van der Waals surface area contributed by atoms with E-state index in [9.17, 15) is 19.4 Å². The molecule has 2 saturated carbocycles. The van der Waals surface area contributed by atoms with Gasteiger partial charge in [0.1, 0.15) is 5.82 Å². The first kappa shape index (κ1) is 22.4. The van der Waals surface area contributed by atoms with Crippen LogP contribution in [0.3, 0.4) is 0 Å². The molecule has 5 nitrogen and oxygen atoms in total. The topological polar surface area (TPSA) is 81.0 Å². The van der Waals surface area contributed by atoms with Crippen molar-refractivity contribution in [3.63, 3.8) is 0 Å². The first-order chi connectivity index (χ1) is 14.8. The quantitative estimate of drug-likeness (QED) is 0.521. The molecule has 3 fully saturated rings. The number of hydrogen-bond donors (Lipinski definition) is 3. The highest BCUT2D eigenvalue weighted by Gasteiger charge is 2.50. The lowest BCUT2D eigenvalue weighted by molar-refractivity contribution is -0.139. The predicted molar refractivity (Wildman–Crippen MR) is 116 cm³/mol. The number of piperidine rings is 1. The van der Waals surface area contributed by atoms with Crippen LogP contribution in [0.15, 0.2) is 36.4 Å². The van der Waals surface area contributed by atoms with E-state index in [2.05, 4.69) is 18.0 Å². The van der Waals surface area contributed by atoms with Crippen LogP contribution in [0.4, 0.5) is 4.39 Å². The normalized spacial score (nSPS) is 31.6. The van der Waals surface area contributed by atoms with Crippen molar-refractivity contribution in [2.75, 3.05) is 7.05 Å². The summed E-state index contributed by atoms with van der Waals surface area (Å²) in [6.07, 6.45) is 7.48. The van der Waals surface area contributed by atoms with E-state index in [0.29, 0.717) is 18.0 Å². The summed E-state index contributed by atoms with van der Waals surface area (Å²) in [5.74, 6) is 0.511. The van der Waals surface area contributed by atoms with Gasteiger partial charge in [0.2, 0.25) is 0 Å². The van der Waals surface area contributed by atoms with Gasteiger partial charge in [-0.25, -0.2) is 4.39 Å². The maximum Gasteiger partial charge on any atom is 0.305 e. The fourth-order valence-electron chi connectivity index (χ4n) is 5.62. The molecule has 1 aromatic carbocycles. The summed E-state index contributed by atoms with van der Waals surface area (Å²) in [4.78, 5) is 13.3. The Labute approximate surface area is 183 Å². The summed E-state index contributed by atoms with van der Waals surface area (Å²) in [7, 11) is 2.24. The number of rotatable bonds is 9. The molecule has 31 heavy (non-hydrogen) atoms. The predicted octanol–water partition coefficient (Wildman–Crippen LogP) is 3.56. The molecule has 3 N–H and O–H groups in total. The Balaban J connectivity index is 1.57. The van der Waals surface area contributed by atoms with Gasteiger partial charge < -0.3 is 15.3 Å². The van der Waals surface area contributed by atoms with Gasteiger partial charge in [0.25, 0.3) is 0 Å². The van der Waals surface area contributed by atoms with Gasteiger partial charge in [0.05, 0.1) is 18.6 Å². The minimum atomic E-state index is -1.08. The number of halogens is 1. The third-order valence-electron chi connectivity index (χ3n) is 7.40. The van der Waals surface area contributed by atoms with Gasteiger partial charge in [-0.3, -0.25) is 9.69 Å². The smallest absolute Gasteiger partial charge is 0.305 e. The average molecular weight is 432 g/mol. The molecular formula is C25H34FNO4. The van der Waals surface area contributed by atoms with Gasteiger partial charge in [0, 0.05) is 18.5 Å². The number of carbonyl (C=O) groups is 1. The lowest BCUT2D eigenvalue weighted by atomic mass is 9.70. The molecule has 1 saturated heterocycles. The number of carboxylic acid groups (broad SMARTS) is 1. The summed E-state index contributed by atoms with van der Waals surface area (Å²) in [5, 5.41) is 29.1. The summed E-state index contributed by atoms with van der Waals surface area (Å²) >= 11 is 0. The molecule has 0 radical (unpaired) electrons. The van der Waals surface area contributed by atoms with Crippen molar-refractivity contribution in [3.05, 3.63) is 47.8 Å². The molecule has 1 aromatic rings. The van der Waals surface area contributed by atoms with Crippen molar-refractivity contribution < 1.29 is 24.5 Å². The standard InChI is InChI=1S/C25H34FNO4/c1-27-23(16-2-3-16)14-22(15-6-8-18(26)9-7-15)21(25(27)17-4-5-17)11-10-19(28)12-20(29)13-24(30)31/h6-11,16-17,19-23,25,28-29H,2-5,12-14H2,1H3,(H,30,31)/b11-10+/t19-,20-,21?,22?,23?,25?/m1/s1. The lowest BCUT2D eigenvalue weighted by Crippen LogP contribution is -2.53. The highest BCUT2D eigenvalue weighted by Crippen LogP contribution is 2.52. The number of aliphatic carboxylic acids is 1. The molecule has 3 aliphatic rings. The Morgan fingerprint density at radius 3 is 2.39 bits per heavy atom. The molecular weight excluding hydrogens is 397 g/mol. The fraction of sp³-hybridized carbons (Fsp3) is 0.640. The Morgan fingerprint density at radius 1 is 1.16 bits per heavy atom. The van der Waals surface area contributed by atoms with Crippen LogP contribution >= 0.6 is 0 Å². The van der Waals surface area contributed by atoms with E-state index in [-0.39, 0.29) is 30.5 Å². The number of likely N-dealkylation sites (tertiary alicyclic amines) is 1. The van der Waals surface area contributed by atoms with Crippen LogP contribution in [0, 0.1) is 23.6 Å². The van der Waals surface area contributed by atoms with Crippen LogP contribution < -0.4 is 0 Å². The third-order valence-corrected chi connectivity index (χ3v) is 7.40. The van der Waals surface area contributed by atoms with Crippen molar-refractivity contribution in [3.8, 4) is 0 Å². The van der Waals surface area contributed by atoms with E-state index in [0.717, 1.165) is 17.9 Å². The number of hydrogen-bond acceptors (Lipinski definition) is 4. The SMILES string of the molecule is CN1C(C2CC2)CC(c2ccc(F)cc2)C(/C=C/[C@@H](O)C[C@@H](O)CC(=O)O)C1C1CC1. The second kappa shape index (κ2) is 9.39. The highest BCUT2D eigenvalue weighted by molar-refractivity contribution is 5.67. The van der Waals surface area contributed by atoms with Crippen molar-refractivity contribution in [2.24, 2.45) is 17.8 Å². The minimum absolute atomic E-state index is 0.00533. The Hall–Kier alpha value is -1.76. The highest BCUT2D eigenvalue weighted by atomic mass is 19.1. The van der Waals surface area contributed by atoms with E-state index < -0.39 is 18.2 Å². The van der Waals surface area contributed by atoms with Crippen LogP contribution in [0.25, 0.3) is 0 Å². The van der Waals surface area contributed by atoms with E-state index in [1.54, 1.807) is 6.08 Å². The molecule has 4 rings (SSSR count). The summed E-state index contributed by atoms with van der Waals surface area (Å²) < 4.78 is 13.6. The first-order valence-electron chi connectivity index (χ1n) is 11.6. The number of benzene rings is 1. The second-order valence-electron chi connectivity index (χ2n) is 9.81. The van der Waals surface area contributed by atoms with Crippen molar-refractivity contribution >= 4 is 5.97 Å². The zero-order valence-corrected chi connectivity index (χ0v) is 18.1. The molecule has 0 aromatic heterocycles. The van der Waals surface area contributed by atoms with Crippen LogP contribution in [-0.2, 0) is 4.79 Å². The number of nitrogens with zero attached hydrogens (tertiary/aromatic N) is 1. The molecule has 4 unspecified atom stereocenters. The van der Waals surface area contributed by atoms with Crippen molar-refractivity contribution in [2.45, 2.75) is 75.2 Å². The number of aliphatic hydroxyl groups excluding tert-OH is 2. The molecule has 0 amide bonds. The van der Waals surface area contributed by atoms with E-state index in [4.69, 9.17) is 5.11 Å². The van der Waals surface area contributed by atoms with E-state index in [1.807, 2.05) is 12.1 Å². The zero-order chi connectivity index (χ0) is 22.1. The van der Waals surface area contributed by atoms with Crippen molar-refractivity contribution in [1.82, 2.24) is 4.90 Å². The van der Waals surface area contributed by atoms with Crippen LogP contribution in [0.5, 0.6) is 0 Å². The summed E-state index contributed by atoms with van der Waals surface area (Å²) in [6.45, 7) is 0. The lowest BCUT2D eigenvalue weighted by Gasteiger charge is -2.49. The van der Waals surface area contributed by atoms with Crippen LogP contribution in [-0.4, -0.2) is 57.5 Å². The molecule has 1 heterocycles. The molecule has 2 aliphatic carbocycles. The maximum atomic E-state index is 13.6. The maximum absolute atomic E-state index is 13.6. The second-order valence-corrected chi connectivity index (χ2v) is 9.81. The van der Waals surface area contributed by atoms with E-state index in [1.165, 1.54) is 37.8 Å². The average Bonchev–Trinajstić information content (AvgIpc) is 3.60. The van der Waals surface area contributed by atoms with Gasteiger partial charge in [0.15, 0.2) is 0 Å². The molecule has 0 bridgehead atoms. The molecule has 1 aliphatic heterocycles. The van der Waals surface area contributed by atoms with Gasteiger partial charge in [-0.05, 0) is 80.5 Å². The molecule has 170 valence electrons. The number of carboxylic acids is 1. The monoisotopic (exact) mass is 431 g/mol. The van der Waals surface area contributed by atoms with Gasteiger partial charge in [-0.2, -0.15) is 0 Å². The molecule has 6 heteroatoms. The minimum Gasteiger partial charge on any atom is -0.481 e. The fourth-order valence-corrected chi connectivity index (χ4v) is 5.62. The van der Waals surface area contributed by atoms with Gasteiger partial charge in [-0.15, -0.1) is 0 Å². The summed E-state index contributed by atoms with van der Waals surface area (Å²) in [5.41, 5.74) is 1.14. The largest absolute Gasteiger partial charge is 0.481 e. The van der Waals surface area contributed by atoms with Crippen LogP contribution in [0.1, 0.15) is 56.4 Å². The Kier molecular flexibility index (Phi) is 6.80. The van der Waals surface area contributed by atoms with E-state index >= 15 is 0 Å². The summed E-state index contributed by atoms with van der Waals surface area (Å²) in [6, 6.07) is 7.77. The van der Waals surface area contributed by atoms with Gasteiger partial charge >= 0.3 is 5.97 Å².